The molecule has 0 amide bonds. The average Bonchev–Trinajstić information content (AvgIpc) is 2.84. The van der Waals surface area contributed by atoms with Crippen LogP contribution in [0.3, 0.4) is 0 Å². The van der Waals surface area contributed by atoms with Crippen molar-refractivity contribution in [1.82, 2.24) is 14.7 Å². The van der Waals surface area contributed by atoms with E-state index in [9.17, 15) is 9.90 Å². The molecule has 18 heavy (non-hydrogen) atoms. The third-order valence-corrected chi connectivity index (χ3v) is 3.81. The van der Waals surface area contributed by atoms with Crippen LogP contribution < -0.4 is 0 Å². The van der Waals surface area contributed by atoms with Gasteiger partial charge < -0.3 is 5.11 Å². The maximum atomic E-state index is 11.3. The van der Waals surface area contributed by atoms with E-state index >= 15 is 0 Å². The van der Waals surface area contributed by atoms with Crippen LogP contribution in [-0.2, 0) is 24.8 Å². The molecule has 0 saturated carbocycles. The van der Waals surface area contributed by atoms with E-state index in [0.29, 0.717) is 6.54 Å². The zero-order valence-electron chi connectivity index (χ0n) is 11.3. The molecule has 0 aromatic carbocycles. The van der Waals surface area contributed by atoms with Crippen molar-refractivity contribution in [3.05, 3.63) is 17.5 Å². The third kappa shape index (κ3) is 2.41. The molecule has 1 saturated heterocycles. The lowest BCUT2D eigenvalue weighted by Crippen LogP contribution is -2.38. The van der Waals surface area contributed by atoms with Crippen molar-refractivity contribution in [3.63, 3.8) is 0 Å². The van der Waals surface area contributed by atoms with Gasteiger partial charge in [0.15, 0.2) is 0 Å². The van der Waals surface area contributed by atoms with Gasteiger partial charge in [-0.1, -0.05) is 13.8 Å². The second-order valence-electron chi connectivity index (χ2n) is 5.12. The van der Waals surface area contributed by atoms with Gasteiger partial charge in [-0.25, -0.2) is 0 Å². The van der Waals surface area contributed by atoms with Gasteiger partial charge in [-0.05, 0) is 31.4 Å². The van der Waals surface area contributed by atoms with Crippen molar-refractivity contribution in [1.29, 1.82) is 0 Å². The summed E-state index contributed by atoms with van der Waals surface area (Å²) in [7, 11) is 1.92. The Morgan fingerprint density at radius 2 is 2.33 bits per heavy atom. The summed E-state index contributed by atoms with van der Waals surface area (Å²) in [5, 5.41) is 13.7. The maximum absolute atomic E-state index is 11.3. The predicted molar refractivity (Wildman–Crippen MR) is 68.2 cm³/mol. The van der Waals surface area contributed by atoms with Gasteiger partial charge in [0.2, 0.25) is 0 Å². The highest BCUT2D eigenvalue weighted by molar-refractivity contribution is 5.74. The number of aryl methyl sites for hydroxylation is 2. The lowest BCUT2D eigenvalue weighted by atomic mass is 10.0. The molecule has 100 valence electrons. The summed E-state index contributed by atoms with van der Waals surface area (Å²) in [6.07, 6.45) is 1.86. The lowest BCUT2D eigenvalue weighted by molar-refractivity contribution is -0.143. The molecule has 0 spiro atoms. The van der Waals surface area contributed by atoms with E-state index in [0.717, 1.165) is 30.8 Å². The summed E-state index contributed by atoms with van der Waals surface area (Å²) < 4.78 is 1.86. The molecule has 1 aromatic heterocycles. The highest BCUT2D eigenvalue weighted by atomic mass is 16.4. The molecular weight excluding hydrogens is 230 g/mol. The average molecular weight is 251 g/mol. The number of aliphatic carboxylic acids is 1. The highest BCUT2D eigenvalue weighted by Gasteiger charge is 2.36. The summed E-state index contributed by atoms with van der Waals surface area (Å²) >= 11 is 0. The summed E-state index contributed by atoms with van der Waals surface area (Å²) in [4.78, 5) is 13.3. The number of nitrogens with zero attached hydrogens (tertiary/aromatic N) is 3. The van der Waals surface area contributed by atoms with E-state index in [-0.39, 0.29) is 12.0 Å². The standard InChI is InChI=1S/C13H21N3O2/c1-4-10-7-11(15(3)14-10)8-16-6-5-9(2)12(16)13(17)18/h7,9,12H,4-6,8H2,1-3H3,(H,17,18). The van der Waals surface area contributed by atoms with E-state index < -0.39 is 5.97 Å². The Morgan fingerprint density at radius 1 is 1.61 bits per heavy atom. The van der Waals surface area contributed by atoms with Gasteiger partial charge in [0.05, 0.1) is 11.4 Å². The SMILES string of the molecule is CCc1cc(CN2CCC(C)C2C(=O)O)n(C)n1. The van der Waals surface area contributed by atoms with Crippen LogP contribution in [0.2, 0.25) is 0 Å². The number of carbonyl (C=O) groups is 1. The molecule has 0 aliphatic carbocycles. The minimum Gasteiger partial charge on any atom is -0.480 e. The quantitative estimate of drug-likeness (QED) is 0.875. The number of aromatic nitrogens is 2. The molecule has 1 aliphatic rings. The van der Waals surface area contributed by atoms with Crippen LogP contribution in [0, 0.1) is 5.92 Å². The van der Waals surface area contributed by atoms with Crippen molar-refractivity contribution in [2.45, 2.75) is 39.3 Å². The van der Waals surface area contributed by atoms with Gasteiger partial charge in [0.25, 0.3) is 0 Å². The summed E-state index contributed by atoms with van der Waals surface area (Å²) in [5.41, 5.74) is 2.15. The fourth-order valence-electron chi connectivity index (χ4n) is 2.70. The molecule has 2 heterocycles. The lowest BCUT2D eigenvalue weighted by Gasteiger charge is -2.22. The molecular formula is C13H21N3O2. The van der Waals surface area contributed by atoms with Crippen LogP contribution in [0.25, 0.3) is 0 Å². The zero-order valence-corrected chi connectivity index (χ0v) is 11.3. The molecule has 2 atom stereocenters. The molecule has 1 N–H and O–H groups in total. The second-order valence-corrected chi connectivity index (χ2v) is 5.12. The van der Waals surface area contributed by atoms with Crippen LogP contribution in [0.15, 0.2) is 6.07 Å². The Bertz CT molecular complexity index is 441. The monoisotopic (exact) mass is 251 g/mol. The minimum absolute atomic E-state index is 0.223. The Kier molecular flexibility index (Phi) is 3.71. The normalized spacial score (nSPS) is 24.6. The van der Waals surface area contributed by atoms with Crippen LogP contribution in [0.1, 0.15) is 31.7 Å². The van der Waals surface area contributed by atoms with E-state index in [1.54, 1.807) is 0 Å². The Balaban J connectivity index is 2.13. The molecule has 2 rings (SSSR count). The van der Waals surface area contributed by atoms with E-state index in [2.05, 4.69) is 18.1 Å². The smallest absolute Gasteiger partial charge is 0.321 e. The largest absolute Gasteiger partial charge is 0.480 e. The molecule has 1 aliphatic heterocycles. The Labute approximate surface area is 107 Å². The number of hydrogen-bond donors (Lipinski definition) is 1. The second kappa shape index (κ2) is 5.10. The number of carboxylic acid groups (broad SMARTS) is 1. The topological polar surface area (TPSA) is 58.4 Å². The van der Waals surface area contributed by atoms with Crippen molar-refractivity contribution >= 4 is 5.97 Å². The summed E-state index contributed by atoms with van der Waals surface area (Å²) in [6, 6.07) is 1.71. The first kappa shape index (κ1) is 13.1. The molecule has 0 radical (unpaired) electrons. The van der Waals surface area contributed by atoms with Gasteiger partial charge in [-0.3, -0.25) is 14.4 Å². The van der Waals surface area contributed by atoms with Crippen LogP contribution in [0.4, 0.5) is 0 Å². The van der Waals surface area contributed by atoms with Crippen molar-refractivity contribution < 1.29 is 9.90 Å². The molecule has 2 unspecified atom stereocenters. The fourth-order valence-corrected chi connectivity index (χ4v) is 2.70. The number of likely N-dealkylation sites (tertiary alicyclic amines) is 1. The van der Waals surface area contributed by atoms with Gasteiger partial charge in [-0.2, -0.15) is 5.10 Å². The van der Waals surface area contributed by atoms with Gasteiger partial charge in [0, 0.05) is 13.6 Å². The van der Waals surface area contributed by atoms with E-state index in [4.69, 9.17) is 0 Å². The van der Waals surface area contributed by atoms with Crippen molar-refractivity contribution in [2.75, 3.05) is 6.54 Å². The third-order valence-electron chi connectivity index (χ3n) is 3.81. The molecule has 1 fully saturated rings. The molecule has 5 heteroatoms. The first-order valence-electron chi connectivity index (χ1n) is 6.51. The van der Waals surface area contributed by atoms with Gasteiger partial charge >= 0.3 is 5.97 Å². The van der Waals surface area contributed by atoms with Crippen LogP contribution in [-0.4, -0.2) is 38.3 Å². The predicted octanol–water partition coefficient (Wildman–Crippen LogP) is 1.28. The number of hydrogen-bond acceptors (Lipinski definition) is 3. The van der Waals surface area contributed by atoms with Crippen molar-refractivity contribution in [3.8, 4) is 0 Å². The van der Waals surface area contributed by atoms with Gasteiger partial charge in [-0.15, -0.1) is 0 Å². The highest BCUT2D eigenvalue weighted by Crippen LogP contribution is 2.25. The Morgan fingerprint density at radius 3 is 2.89 bits per heavy atom. The minimum atomic E-state index is -0.710. The van der Waals surface area contributed by atoms with Crippen LogP contribution >= 0.6 is 0 Å². The maximum Gasteiger partial charge on any atom is 0.321 e. The molecule has 5 nitrogen and oxygen atoms in total. The first-order chi connectivity index (χ1) is 8.52. The molecule has 0 bridgehead atoms. The fraction of sp³-hybridized carbons (Fsp3) is 0.692. The summed E-state index contributed by atoms with van der Waals surface area (Å²) in [5.74, 6) is -0.487. The van der Waals surface area contributed by atoms with Gasteiger partial charge in [0.1, 0.15) is 6.04 Å². The first-order valence-corrected chi connectivity index (χ1v) is 6.51. The molecule has 1 aromatic rings. The van der Waals surface area contributed by atoms with E-state index in [1.807, 2.05) is 23.6 Å². The number of carboxylic acids is 1. The zero-order chi connectivity index (χ0) is 13.3. The van der Waals surface area contributed by atoms with Crippen LogP contribution in [0.5, 0.6) is 0 Å². The summed E-state index contributed by atoms with van der Waals surface area (Å²) in [6.45, 7) is 5.61. The van der Waals surface area contributed by atoms with Crippen molar-refractivity contribution in [2.24, 2.45) is 13.0 Å². The Hall–Kier alpha value is -1.36. The van der Waals surface area contributed by atoms with E-state index in [1.165, 1.54) is 0 Å². The number of rotatable bonds is 4.